The number of nitriles is 1. The third-order valence-electron chi connectivity index (χ3n) is 3.18. The van der Waals surface area contributed by atoms with Crippen LogP contribution in [0.2, 0.25) is 5.02 Å². The van der Waals surface area contributed by atoms with Crippen LogP contribution in [0.5, 0.6) is 0 Å². The second-order valence-electron chi connectivity index (χ2n) is 4.77. The molecule has 22 heavy (non-hydrogen) atoms. The van der Waals surface area contributed by atoms with Crippen molar-refractivity contribution in [1.82, 2.24) is 5.32 Å². The van der Waals surface area contributed by atoms with Crippen LogP contribution in [-0.2, 0) is 16.2 Å². The molecule has 1 aromatic rings. The molecular weight excluding hydrogens is 309 g/mol. The molecule has 5 nitrogen and oxygen atoms in total. The Hall–Kier alpha value is -2.39. The number of carbonyl (C=O) groups excluding carboxylic acids is 1. The molecule has 0 saturated carbocycles. The number of hydrogen-bond donors (Lipinski definition) is 1. The van der Waals surface area contributed by atoms with Crippen molar-refractivity contribution in [2.75, 3.05) is 0 Å². The van der Waals surface area contributed by atoms with E-state index < -0.39 is 11.7 Å². The van der Waals surface area contributed by atoms with Crippen molar-refractivity contribution in [2.45, 2.75) is 20.0 Å². The Morgan fingerprint density at radius 3 is 3.09 bits per heavy atom. The molecule has 0 aliphatic carbocycles. The van der Waals surface area contributed by atoms with Gasteiger partial charge in [0.1, 0.15) is 12.4 Å². The highest BCUT2D eigenvalue weighted by Gasteiger charge is 2.24. The largest absolute Gasteiger partial charge is 0.391 e. The van der Waals surface area contributed by atoms with E-state index in [1.165, 1.54) is 24.4 Å². The summed E-state index contributed by atoms with van der Waals surface area (Å²) in [5, 5.41) is 15.7. The van der Waals surface area contributed by atoms with Gasteiger partial charge in [0.25, 0.3) is 0 Å². The molecule has 0 spiro atoms. The van der Waals surface area contributed by atoms with E-state index in [9.17, 15) is 9.18 Å². The lowest BCUT2D eigenvalue weighted by Crippen LogP contribution is -2.32. The molecule has 1 amide bonds. The fraction of sp³-hybridized carbons (Fsp3) is 0.267. The lowest BCUT2D eigenvalue weighted by atomic mass is 9.93. The van der Waals surface area contributed by atoms with Crippen LogP contribution in [0.4, 0.5) is 4.39 Å². The van der Waals surface area contributed by atoms with Gasteiger partial charge in [0.15, 0.2) is 0 Å². The predicted molar refractivity (Wildman–Crippen MR) is 79.3 cm³/mol. The average Bonchev–Trinajstić information content (AvgIpc) is 2.45. The molecule has 0 fully saturated rings. The number of nitrogens with one attached hydrogen (secondary N) is 1. The summed E-state index contributed by atoms with van der Waals surface area (Å²) in [6.45, 7) is 1.73. The highest BCUT2D eigenvalue weighted by Crippen LogP contribution is 2.21. The second-order valence-corrected chi connectivity index (χ2v) is 5.18. The number of rotatable bonds is 4. The van der Waals surface area contributed by atoms with Gasteiger partial charge >= 0.3 is 0 Å². The molecule has 7 heteroatoms. The van der Waals surface area contributed by atoms with Gasteiger partial charge in [-0.25, -0.2) is 4.39 Å². The molecule has 1 heterocycles. The number of amides is 1. The smallest absolute Gasteiger partial charge is 0.225 e. The Labute approximate surface area is 132 Å². The molecule has 0 aromatic heterocycles. The number of nitrogens with zero attached hydrogens (tertiary/aromatic N) is 2. The highest BCUT2D eigenvalue weighted by molar-refractivity contribution is 6.31. The van der Waals surface area contributed by atoms with Gasteiger partial charge in [-0.15, -0.1) is 0 Å². The first-order valence-corrected chi connectivity index (χ1v) is 6.89. The molecule has 0 radical (unpaired) electrons. The number of carbonyl (C=O) groups is 1. The number of allylic oxidation sites excluding steroid dienone is 2. The molecular formula is C15H13ClFN3O2. The van der Waals surface area contributed by atoms with Gasteiger partial charge in [-0.3, -0.25) is 4.79 Å². The van der Waals surface area contributed by atoms with Gasteiger partial charge in [0.05, 0.1) is 22.9 Å². The topological polar surface area (TPSA) is 74.5 Å². The zero-order valence-corrected chi connectivity index (χ0v) is 12.5. The van der Waals surface area contributed by atoms with Crippen LogP contribution in [0.25, 0.3) is 0 Å². The fourth-order valence-electron chi connectivity index (χ4n) is 2.06. The molecule has 1 atom stereocenters. The van der Waals surface area contributed by atoms with Crippen LogP contribution in [0, 0.1) is 23.1 Å². The van der Waals surface area contributed by atoms with Crippen molar-refractivity contribution >= 4 is 23.7 Å². The predicted octanol–water partition coefficient (Wildman–Crippen LogP) is 2.92. The first-order valence-electron chi connectivity index (χ1n) is 6.51. The standard InChI is InChI=1S/C15H13ClFN3O2/c1-9-13(6-18)11(4-15(21)20-9)7-19-22-8-10-2-3-12(17)5-14(10)16/h2-3,5,7,11H,4,8H2,1H3,(H,20,21). The van der Waals surface area contributed by atoms with E-state index >= 15 is 0 Å². The van der Waals surface area contributed by atoms with E-state index in [0.29, 0.717) is 16.8 Å². The minimum atomic E-state index is -0.426. The van der Waals surface area contributed by atoms with Crippen LogP contribution in [0.3, 0.4) is 0 Å². The monoisotopic (exact) mass is 321 g/mol. The van der Waals surface area contributed by atoms with Gasteiger partial charge in [-0.05, 0) is 19.1 Å². The van der Waals surface area contributed by atoms with Gasteiger partial charge in [0.2, 0.25) is 5.91 Å². The third-order valence-corrected chi connectivity index (χ3v) is 3.53. The summed E-state index contributed by atoms with van der Waals surface area (Å²) in [4.78, 5) is 16.6. The summed E-state index contributed by atoms with van der Waals surface area (Å²) in [6, 6.07) is 6.03. The van der Waals surface area contributed by atoms with Crippen LogP contribution in [-0.4, -0.2) is 12.1 Å². The Kier molecular flexibility index (Phi) is 5.12. The van der Waals surface area contributed by atoms with Crippen molar-refractivity contribution in [3.8, 4) is 6.07 Å². The highest BCUT2D eigenvalue weighted by atomic mass is 35.5. The Morgan fingerprint density at radius 1 is 1.64 bits per heavy atom. The molecule has 1 aliphatic rings. The van der Waals surface area contributed by atoms with E-state index in [4.69, 9.17) is 21.7 Å². The molecule has 1 aromatic carbocycles. The summed E-state index contributed by atoms with van der Waals surface area (Å²) >= 11 is 5.87. The van der Waals surface area contributed by atoms with Crippen molar-refractivity contribution in [1.29, 1.82) is 5.26 Å². The molecule has 0 bridgehead atoms. The number of oxime groups is 1. The van der Waals surface area contributed by atoms with Gasteiger partial charge in [0, 0.05) is 23.6 Å². The summed E-state index contributed by atoms with van der Waals surface area (Å²) in [5.74, 6) is -1.01. The number of benzene rings is 1. The Balaban J connectivity index is 1.99. The van der Waals surface area contributed by atoms with Gasteiger partial charge in [-0.2, -0.15) is 5.26 Å². The zero-order chi connectivity index (χ0) is 16.1. The van der Waals surface area contributed by atoms with Gasteiger partial charge in [-0.1, -0.05) is 22.8 Å². The lowest BCUT2D eigenvalue weighted by molar-refractivity contribution is -0.121. The lowest BCUT2D eigenvalue weighted by Gasteiger charge is -2.19. The summed E-state index contributed by atoms with van der Waals surface area (Å²) < 4.78 is 12.9. The molecule has 1 unspecified atom stereocenters. The maximum absolute atomic E-state index is 12.9. The summed E-state index contributed by atoms with van der Waals surface area (Å²) in [7, 11) is 0. The normalized spacial score (nSPS) is 18.3. The molecule has 2 rings (SSSR count). The average molecular weight is 322 g/mol. The van der Waals surface area contributed by atoms with E-state index in [1.807, 2.05) is 0 Å². The molecule has 1 aliphatic heterocycles. The Bertz CT molecular complexity index is 695. The first-order chi connectivity index (χ1) is 10.5. The number of halogens is 2. The number of hydrogen-bond acceptors (Lipinski definition) is 4. The minimum absolute atomic E-state index is 0.0686. The minimum Gasteiger partial charge on any atom is -0.391 e. The molecule has 1 N–H and O–H groups in total. The van der Waals surface area contributed by atoms with Crippen molar-refractivity contribution < 1.29 is 14.0 Å². The van der Waals surface area contributed by atoms with Gasteiger partial charge < -0.3 is 10.2 Å². The van der Waals surface area contributed by atoms with E-state index in [-0.39, 0.29) is 24.0 Å². The molecule has 114 valence electrons. The van der Waals surface area contributed by atoms with Crippen LogP contribution in [0.15, 0.2) is 34.6 Å². The zero-order valence-electron chi connectivity index (χ0n) is 11.8. The van der Waals surface area contributed by atoms with Crippen LogP contribution < -0.4 is 5.32 Å². The van der Waals surface area contributed by atoms with E-state index in [2.05, 4.69) is 16.5 Å². The van der Waals surface area contributed by atoms with Crippen molar-refractivity contribution in [3.63, 3.8) is 0 Å². The second kappa shape index (κ2) is 7.05. The third kappa shape index (κ3) is 3.83. The van der Waals surface area contributed by atoms with Crippen molar-refractivity contribution in [3.05, 3.63) is 45.9 Å². The maximum atomic E-state index is 12.9. The maximum Gasteiger partial charge on any atom is 0.225 e. The van der Waals surface area contributed by atoms with Crippen LogP contribution >= 0.6 is 11.6 Å². The van der Waals surface area contributed by atoms with E-state index in [0.717, 1.165) is 0 Å². The fourth-order valence-corrected chi connectivity index (χ4v) is 2.29. The Morgan fingerprint density at radius 2 is 2.41 bits per heavy atom. The summed E-state index contributed by atoms with van der Waals surface area (Å²) in [5.41, 5.74) is 1.57. The van der Waals surface area contributed by atoms with Crippen LogP contribution in [0.1, 0.15) is 18.9 Å². The van der Waals surface area contributed by atoms with Crippen molar-refractivity contribution in [2.24, 2.45) is 11.1 Å². The quantitative estimate of drug-likeness (QED) is 0.684. The first kappa shape index (κ1) is 16.0. The molecule has 0 saturated heterocycles. The SMILES string of the molecule is CC1=C(C#N)C(C=NOCc2ccc(F)cc2Cl)CC(=O)N1. The van der Waals surface area contributed by atoms with E-state index in [1.54, 1.807) is 6.92 Å². The summed E-state index contributed by atoms with van der Waals surface area (Å²) in [6.07, 6.45) is 1.56.